The van der Waals surface area contributed by atoms with E-state index in [0.717, 1.165) is 48.5 Å². The third-order valence-electron chi connectivity index (χ3n) is 6.08. The van der Waals surface area contributed by atoms with Gasteiger partial charge in [-0.15, -0.1) is 0 Å². The van der Waals surface area contributed by atoms with Gasteiger partial charge in [-0.05, 0) is 55.6 Å². The number of nitrogens with zero attached hydrogens (tertiary/aromatic N) is 3. The van der Waals surface area contributed by atoms with E-state index in [1.54, 1.807) is 24.3 Å². The van der Waals surface area contributed by atoms with Crippen LogP contribution in [0.1, 0.15) is 43.4 Å². The van der Waals surface area contributed by atoms with E-state index in [0.29, 0.717) is 18.9 Å². The van der Waals surface area contributed by atoms with Gasteiger partial charge in [0.25, 0.3) is 5.91 Å². The molecule has 30 heavy (non-hydrogen) atoms. The lowest BCUT2D eigenvalue weighted by Crippen LogP contribution is -2.41. The van der Waals surface area contributed by atoms with Crippen molar-refractivity contribution in [2.24, 2.45) is 11.0 Å². The molecule has 2 aliphatic heterocycles. The van der Waals surface area contributed by atoms with Crippen molar-refractivity contribution in [3.63, 3.8) is 0 Å². The average molecular weight is 410 g/mol. The molecule has 2 aliphatic rings. The monoisotopic (exact) mass is 409 g/mol. The number of piperidine rings is 1. The number of ether oxygens (including phenoxy) is 1. The molecule has 0 N–H and O–H groups in total. The predicted octanol–water partition coefficient (Wildman–Crippen LogP) is 4.24. The highest BCUT2D eigenvalue weighted by atomic mass is 19.1. The highest BCUT2D eigenvalue weighted by molar-refractivity contribution is 6.03. The lowest BCUT2D eigenvalue weighted by Gasteiger charge is -2.31. The maximum atomic E-state index is 13.4. The van der Waals surface area contributed by atoms with Crippen LogP contribution in [0.25, 0.3) is 0 Å². The van der Waals surface area contributed by atoms with E-state index in [1.807, 2.05) is 24.3 Å². The topological polar surface area (TPSA) is 45.1 Å². The van der Waals surface area contributed by atoms with Gasteiger partial charge in [0.1, 0.15) is 11.6 Å². The van der Waals surface area contributed by atoms with Gasteiger partial charge in [-0.25, -0.2) is 9.40 Å². The number of hydrazone groups is 1. The van der Waals surface area contributed by atoms with E-state index in [2.05, 4.69) is 11.8 Å². The normalized spacial score (nSPS) is 20.3. The van der Waals surface area contributed by atoms with Crippen LogP contribution in [-0.2, 0) is 4.79 Å². The van der Waals surface area contributed by atoms with Crippen molar-refractivity contribution in [2.75, 3.05) is 26.7 Å². The summed E-state index contributed by atoms with van der Waals surface area (Å²) >= 11 is 0. The molecule has 0 bridgehead atoms. The Bertz CT molecular complexity index is 920. The Labute approximate surface area is 177 Å². The van der Waals surface area contributed by atoms with Crippen LogP contribution in [0, 0.1) is 11.7 Å². The van der Waals surface area contributed by atoms with E-state index < -0.39 is 0 Å². The van der Waals surface area contributed by atoms with Crippen LogP contribution in [0.2, 0.25) is 0 Å². The molecule has 0 saturated carbocycles. The van der Waals surface area contributed by atoms with Crippen LogP contribution in [-0.4, -0.2) is 48.3 Å². The molecule has 5 nitrogen and oxygen atoms in total. The number of methoxy groups -OCH3 is 1. The van der Waals surface area contributed by atoms with E-state index in [9.17, 15) is 9.18 Å². The first-order valence-electron chi connectivity index (χ1n) is 10.6. The van der Waals surface area contributed by atoms with Gasteiger partial charge in [0.2, 0.25) is 0 Å². The maximum absolute atomic E-state index is 13.4. The molecule has 0 radical (unpaired) electrons. The van der Waals surface area contributed by atoms with Gasteiger partial charge >= 0.3 is 0 Å². The summed E-state index contributed by atoms with van der Waals surface area (Å²) < 4.78 is 18.9. The smallest absolute Gasteiger partial charge is 0.257 e. The first kappa shape index (κ1) is 20.5. The molecule has 158 valence electrons. The highest BCUT2D eigenvalue weighted by Crippen LogP contribution is 2.37. The largest absolute Gasteiger partial charge is 0.496 e. The summed E-state index contributed by atoms with van der Waals surface area (Å²) in [5.41, 5.74) is 2.55. The zero-order chi connectivity index (χ0) is 21.1. The van der Waals surface area contributed by atoms with Crippen molar-refractivity contribution >= 4 is 11.6 Å². The quantitative estimate of drug-likeness (QED) is 0.742. The van der Waals surface area contributed by atoms with Crippen molar-refractivity contribution < 1.29 is 13.9 Å². The lowest BCUT2D eigenvalue weighted by atomic mass is 9.97. The minimum absolute atomic E-state index is 0.0161. The first-order valence-corrected chi connectivity index (χ1v) is 10.6. The van der Waals surface area contributed by atoms with Crippen LogP contribution in [0.4, 0.5) is 4.39 Å². The number of rotatable bonds is 5. The highest BCUT2D eigenvalue weighted by Gasteiger charge is 2.35. The summed E-state index contributed by atoms with van der Waals surface area (Å²) in [5.74, 6) is 1.15. The number of amides is 1. The zero-order valence-electron chi connectivity index (χ0n) is 17.6. The van der Waals surface area contributed by atoms with Gasteiger partial charge in [0, 0.05) is 12.0 Å². The second kappa shape index (κ2) is 8.96. The van der Waals surface area contributed by atoms with Gasteiger partial charge in [-0.1, -0.05) is 37.3 Å². The molecule has 0 unspecified atom stereocenters. The molecule has 1 fully saturated rings. The lowest BCUT2D eigenvalue weighted by molar-refractivity contribution is -0.134. The maximum Gasteiger partial charge on any atom is 0.257 e. The SMILES string of the molecule is COc1ccccc1[C@@H]1CC(c2ccc(F)cc2)=NN1C(=O)CN1CCC(C)CC1. The average Bonchev–Trinajstić information content (AvgIpc) is 3.21. The molecule has 2 heterocycles. The molecule has 0 spiro atoms. The second-order valence-corrected chi connectivity index (χ2v) is 8.21. The van der Waals surface area contributed by atoms with Crippen molar-refractivity contribution in [3.8, 4) is 5.75 Å². The molecule has 4 rings (SSSR count). The van der Waals surface area contributed by atoms with E-state index >= 15 is 0 Å². The van der Waals surface area contributed by atoms with E-state index in [1.165, 1.54) is 12.1 Å². The molecule has 2 aromatic rings. The third kappa shape index (κ3) is 4.38. The van der Waals surface area contributed by atoms with Gasteiger partial charge in [0.15, 0.2) is 0 Å². The number of likely N-dealkylation sites (tertiary alicyclic amines) is 1. The number of para-hydroxylation sites is 1. The molecular weight excluding hydrogens is 381 g/mol. The fraction of sp³-hybridized carbons (Fsp3) is 0.417. The predicted molar refractivity (Wildman–Crippen MR) is 115 cm³/mol. The Morgan fingerprint density at radius 3 is 2.53 bits per heavy atom. The Hall–Kier alpha value is -2.73. The van der Waals surface area contributed by atoms with Crippen LogP contribution >= 0.6 is 0 Å². The molecule has 1 amide bonds. The second-order valence-electron chi connectivity index (χ2n) is 8.21. The van der Waals surface area contributed by atoms with Gasteiger partial charge in [0.05, 0.1) is 25.4 Å². The zero-order valence-corrected chi connectivity index (χ0v) is 17.6. The summed E-state index contributed by atoms with van der Waals surface area (Å²) in [5, 5.41) is 6.30. The summed E-state index contributed by atoms with van der Waals surface area (Å²) in [4.78, 5) is 15.5. The standard InChI is InChI=1S/C24H28FN3O2/c1-17-11-13-27(14-12-17)16-24(29)28-22(20-5-3-4-6-23(20)30-2)15-21(26-28)18-7-9-19(25)10-8-18/h3-10,17,22H,11-16H2,1-2H3/t22-/m0/s1. The number of carbonyl (C=O) groups excluding carboxylic acids is 1. The summed E-state index contributed by atoms with van der Waals surface area (Å²) in [6, 6.07) is 13.8. The van der Waals surface area contributed by atoms with Crippen molar-refractivity contribution in [1.29, 1.82) is 0 Å². The Morgan fingerprint density at radius 2 is 1.83 bits per heavy atom. The molecule has 0 aromatic heterocycles. The first-order chi connectivity index (χ1) is 14.5. The van der Waals surface area contributed by atoms with Crippen molar-refractivity contribution in [3.05, 3.63) is 65.5 Å². The Balaban J connectivity index is 1.61. The summed E-state index contributed by atoms with van der Waals surface area (Å²) in [6.45, 7) is 4.50. The molecular formula is C24H28FN3O2. The van der Waals surface area contributed by atoms with Crippen LogP contribution in [0.5, 0.6) is 5.75 Å². The molecule has 0 aliphatic carbocycles. The number of benzene rings is 2. The number of halogens is 1. The fourth-order valence-electron chi connectivity index (χ4n) is 4.22. The number of hydrogen-bond donors (Lipinski definition) is 0. The molecule has 1 atom stereocenters. The van der Waals surface area contributed by atoms with Gasteiger partial charge in [-0.2, -0.15) is 5.10 Å². The van der Waals surface area contributed by atoms with Crippen molar-refractivity contribution in [1.82, 2.24) is 9.91 Å². The minimum Gasteiger partial charge on any atom is -0.496 e. The van der Waals surface area contributed by atoms with Crippen LogP contribution in [0.3, 0.4) is 0 Å². The summed E-state index contributed by atoms with van der Waals surface area (Å²) in [6.07, 6.45) is 2.80. The van der Waals surface area contributed by atoms with Crippen LogP contribution < -0.4 is 4.74 Å². The Morgan fingerprint density at radius 1 is 1.13 bits per heavy atom. The van der Waals surface area contributed by atoms with Gasteiger partial charge < -0.3 is 4.74 Å². The van der Waals surface area contributed by atoms with E-state index in [4.69, 9.17) is 9.84 Å². The number of carbonyl (C=O) groups is 1. The fourth-order valence-corrected chi connectivity index (χ4v) is 4.22. The molecule has 2 aromatic carbocycles. The number of hydrogen-bond acceptors (Lipinski definition) is 4. The van der Waals surface area contributed by atoms with E-state index in [-0.39, 0.29) is 17.8 Å². The summed E-state index contributed by atoms with van der Waals surface area (Å²) in [7, 11) is 1.64. The molecule has 6 heteroatoms. The van der Waals surface area contributed by atoms with Crippen molar-refractivity contribution in [2.45, 2.75) is 32.2 Å². The third-order valence-corrected chi connectivity index (χ3v) is 6.08. The van der Waals surface area contributed by atoms with Crippen LogP contribution in [0.15, 0.2) is 53.6 Å². The minimum atomic E-state index is -0.286. The van der Waals surface area contributed by atoms with Gasteiger partial charge in [-0.3, -0.25) is 9.69 Å². The Kier molecular flexibility index (Phi) is 6.13. The molecule has 1 saturated heterocycles.